The summed E-state index contributed by atoms with van der Waals surface area (Å²) in [5.41, 5.74) is 0.166. The molecular weight excluding hydrogens is 477 g/mol. The van der Waals surface area contributed by atoms with Crippen LogP contribution in [-0.4, -0.2) is 15.9 Å². The van der Waals surface area contributed by atoms with E-state index in [2.05, 4.69) is 15.3 Å². The van der Waals surface area contributed by atoms with Crippen LogP contribution in [0.1, 0.15) is 23.6 Å². The molecule has 0 fully saturated rings. The number of benzene rings is 3. The average Bonchev–Trinajstić information content (AvgIpc) is 3.07. The second-order valence-corrected chi connectivity index (χ2v) is 8.84. The fraction of sp³-hybridized carbons (Fsp3) is 0.148. The zero-order chi connectivity index (χ0) is 25.7. The van der Waals surface area contributed by atoms with Gasteiger partial charge in [0, 0.05) is 24.0 Å². The fourth-order valence-corrected chi connectivity index (χ4v) is 4.54. The predicted octanol–water partition coefficient (Wildman–Crippen LogP) is 6.56. The van der Waals surface area contributed by atoms with Crippen LogP contribution in [-0.2, 0) is 22.8 Å². The Morgan fingerprint density at radius 1 is 0.889 bits per heavy atom. The smallest absolute Gasteiger partial charge is 0.324 e. The predicted molar refractivity (Wildman–Crippen MR) is 124 cm³/mol. The first-order valence-electron chi connectivity index (χ1n) is 10.9. The van der Waals surface area contributed by atoms with Crippen molar-refractivity contribution in [3.05, 3.63) is 101 Å². The number of hydrogen-bond acceptors (Lipinski definition) is 3. The first kappa shape index (κ1) is 23.6. The number of fused-ring (bicyclic) bond motifs is 1. The van der Waals surface area contributed by atoms with Gasteiger partial charge in [-0.15, -0.1) is 0 Å². The van der Waals surface area contributed by atoms with Gasteiger partial charge in [-0.1, -0.05) is 12.1 Å². The summed E-state index contributed by atoms with van der Waals surface area (Å²) in [6.45, 7) is 1.63. The third-order valence-electron chi connectivity index (χ3n) is 6.28. The van der Waals surface area contributed by atoms with Crippen molar-refractivity contribution in [3.63, 3.8) is 0 Å². The highest BCUT2D eigenvalue weighted by atomic mass is 19.4. The Labute approximate surface area is 202 Å². The third-order valence-corrected chi connectivity index (χ3v) is 6.28. The molecule has 1 aliphatic heterocycles. The lowest BCUT2D eigenvalue weighted by molar-refractivity contribution is -0.137. The average molecular weight is 495 g/mol. The lowest BCUT2D eigenvalue weighted by Gasteiger charge is -2.23. The molecule has 1 amide bonds. The highest BCUT2D eigenvalue weighted by molar-refractivity contribution is 6.10. The van der Waals surface area contributed by atoms with Crippen molar-refractivity contribution in [2.45, 2.75) is 24.9 Å². The third kappa shape index (κ3) is 4.21. The Kier molecular flexibility index (Phi) is 5.58. The second-order valence-electron chi connectivity index (χ2n) is 8.84. The molecule has 5 rings (SSSR count). The molecule has 9 heteroatoms. The van der Waals surface area contributed by atoms with E-state index >= 15 is 0 Å². The van der Waals surface area contributed by atoms with Crippen LogP contribution in [0.4, 0.5) is 27.6 Å². The first-order valence-corrected chi connectivity index (χ1v) is 10.9. The van der Waals surface area contributed by atoms with Crippen LogP contribution in [0.15, 0.2) is 73.1 Å². The summed E-state index contributed by atoms with van der Waals surface area (Å²) in [5.74, 6) is -1.70. The van der Waals surface area contributed by atoms with Crippen LogP contribution >= 0.6 is 0 Å². The Hall–Kier alpha value is -4.14. The minimum atomic E-state index is -4.54. The Morgan fingerprint density at radius 3 is 2.25 bits per heavy atom. The highest BCUT2D eigenvalue weighted by Crippen LogP contribution is 2.47. The summed E-state index contributed by atoms with van der Waals surface area (Å²) in [5, 5.41) is 2.83. The van der Waals surface area contributed by atoms with E-state index in [0.29, 0.717) is 22.4 Å². The molecular formula is C27H18F5N3O. The number of anilines is 1. The van der Waals surface area contributed by atoms with Gasteiger partial charge in [0.15, 0.2) is 5.82 Å². The van der Waals surface area contributed by atoms with Gasteiger partial charge < -0.3 is 5.32 Å². The molecule has 1 N–H and O–H groups in total. The Bertz CT molecular complexity index is 1470. The van der Waals surface area contributed by atoms with Crippen LogP contribution in [0, 0.1) is 11.6 Å². The van der Waals surface area contributed by atoms with Crippen LogP contribution in [0.3, 0.4) is 0 Å². The molecule has 0 spiro atoms. The van der Waals surface area contributed by atoms with Crippen molar-refractivity contribution in [2.75, 3.05) is 5.32 Å². The quantitative estimate of drug-likeness (QED) is 0.326. The van der Waals surface area contributed by atoms with E-state index in [9.17, 15) is 26.7 Å². The van der Waals surface area contributed by atoms with Crippen LogP contribution in [0.25, 0.3) is 22.5 Å². The minimum absolute atomic E-state index is 0.0400. The summed E-state index contributed by atoms with van der Waals surface area (Å²) in [6.07, 6.45) is -1.55. The van der Waals surface area contributed by atoms with Crippen molar-refractivity contribution in [2.24, 2.45) is 0 Å². The number of alkyl halides is 3. The van der Waals surface area contributed by atoms with Crippen molar-refractivity contribution in [1.82, 2.24) is 9.97 Å². The minimum Gasteiger partial charge on any atom is -0.324 e. The lowest BCUT2D eigenvalue weighted by Crippen LogP contribution is -2.33. The van der Waals surface area contributed by atoms with Crippen LogP contribution in [0.5, 0.6) is 0 Å². The Morgan fingerprint density at radius 2 is 1.58 bits per heavy atom. The maximum absolute atomic E-state index is 13.9. The Balaban J connectivity index is 1.72. The molecule has 1 aliphatic rings. The van der Waals surface area contributed by atoms with Gasteiger partial charge in [0.1, 0.15) is 11.6 Å². The van der Waals surface area contributed by atoms with E-state index in [1.807, 2.05) is 0 Å². The van der Waals surface area contributed by atoms with Crippen molar-refractivity contribution >= 4 is 11.6 Å². The molecule has 0 aliphatic carbocycles. The topological polar surface area (TPSA) is 54.9 Å². The number of nitrogens with zero attached hydrogens (tertiary/aromatic N) is 2. The molecule has 36 heavy (non-hydrogen) atoms. The highest BCUT2D eigenvalue weighted by Gasteiger charge is 2.44. The number of amides is 1. The van der Waals surface area contributed by atoms with E-state index in [0.717, 1.165) is 30.3 Å². The number of rotatable bonds is 4. The van der Waals surface area contributed by atoms with Gasteiger partial charge in [0.25, 0.3) is 0 Å². The van der Waals surface area contributed by atoms with Gasteiger partial charge in [-0.3, -0.25) is 4.79 Å². The standard InChI is InChI=1S/C27H18F5N3O/c1-26(14-15-8-19(28)13-20(29)9-15)22-12-17(16-4-2-5-18(10-16)27(30,31)32)11-21(23(22)35-25(26)36)24-33-6-3-7-34-24/h2-13H,14H2,1H3,(H,35,36). The zero-order valence-corrected chi connectivity index (χ0v) is 18.8. The second kappa shape index (κ2) is 8.51. The molecule has 2 heterocycles. The maximum atomic E-state index is 13.9. The van der Waals surface area contributed by atoms with Crippen LogP contribution in [0.2, 0.25) is 0 Å². The SMILES string of the molecule is CC1(Cc2cc(F)cc(F)c2)C(=O)Nc2c(-c3ncccn3)cc(-c3cccc(C(F)(F)F)c3)cc21. The summed E-state index contributed by atoms with van der Waals surface area (Å²) >= 11 is 0. The van der Waals surface area contributed by atoms with E-state index in [1.165, 1.54) is 24.5 Å². The molecule has 0 radical (unpaired) electrons. The zero-order valence-electron chi connectivity index (χ0n) is 18.8. The van der Waals surface area contributed by atoms with E-state index in [4.69, 9.17) is 0 Å². The molecule has 0 saturated carbocycles. The molecule has 182 valence electrons. The van der Waals surface area contributed by atoms with Gasteiger partial charge in [0.2, 0.25) is 5.91 Å². The van der Waals surface area contributed by atoms with Crippen LogP contribution < -0.4 is 5.32 Å². The van der Waals surface area contributed by atoms with Gasteiger partial charge in [-0.05, 0) is 78.1 Å². The van der Waals surface area contributed by atoms with E-state index in [1.54, 1.807) is 25.1 Å². The summed E-state index contributed by atoms with van der Waals surface area (Å²) in [4.78, 5) is 21.8. The lowest BCUT2D eigenvalue weighted by atomic mass is 9.77. The summed E-state index contributed by atoms with van der Waals surface area (Å²) < 4.78 is 67.9. The molecule has 0 bridgehead atoms. The number of nitrogens with one attached hydrogen (secondary N) is 1. The molecule has 0 saturated heterocycles. The maximum Gasteiger partial charge on any atom is 0.416 e. The fourth-order valence-electron chi connectivity index (χ4n) is 4.54. The van der Waals surface area contributed by atoms with Crippen molar-refractivity contribution < 1.29 is 26.7 Å². The molecule has 1 atom stereocenters. The van der Waals surface area contributed by atoms with E-state index in [-0.39, 0.29) is 23.4 Å². The number of aromatic nitrogens is 2. The number of carbonyl (C=O) groups excluding carboxylic acids is 1. The number of halogens is 5. The molecule has 3 aromatic carbocycles. The number of carbonyl (C=O) groups is 1. The van der Waals surface area contributed by atoms with Gasteiger partial charge in [0.05, 0.1) is 16.7 Å². The molecule has 1 aromatic heterocycles. The monoisotopic (exact) mass is 495 g/mol. The normalized spacial score (nSPS) is 17.1. The van der Waals surface area contributed by atoms with Gasteiger partial charge >= 0.3 is 6.18 Å². The molecule has 4 aromatic rings. The summed E-state index contributed by atoms with van der Waals surface area (Å²) in [6, 6.07) is 12.8. The summed E-state index contributed by atoms with van der Waals surface area (Å²) in [7, 11) is 0. The van der Waals surface area contributed by atoms with E-state index < -0.39 is 34.7 Å². The first-order chi connectivity index (χ1) is 17.0. The van der Waals surface area contributed by atoms with Gasteiger partial charge in [-0.25, -0.2) is 18.7 Å². The molecule has 4 nitrogen and oxygen atoms in total. The van der Waals surface area contributed by atoms with Gasteiger partial charge in [-0.2, -0.15) is 13.2 Å². The molecule has 1 unspecified atom stereocenters. The van der Waals surface area contributed by atoms with Crippen molar-refractivity contribution in [3.8, 4) is 22.5 Å². The number of hydrogen-bond donors (Lipinski definition) is 1. The largest absolute Gasteiger partial charge is 0.416 e. The van der Waals surface area contributed by atoms with Crippen molar-refractivity contribution in [1.29, 1.82) is 0 Å².